The van der Waals surface area contributed by atoms with Crippen LogP contribution >= 0.6 is 0 Å². The Bertz CT molecular complexity index is 627. The van der Waals surface area contributed by atoms with E-state index in [-0.39, 0.29) is 0 Å². The molecule has 0 unspecified atom stereocenters. The Labute approximate surface area is 110 Å². The number of pyridine rings is 3. The van der Waals surface area contributed by atoms with E-state index in [4.69, 9.17) is 0 Å². The van der Waals surface area contributed by atoms with Gasteiger partial charge in [0.25, 0.3) is 0 Å². The fourth-order valence-corrected chi connectivity index (χ4v) is 1.94. The number of rotatable bonds is 2. The first-order valence-corrected chi connectivity index (χ1v) is 5.87. The molecule has 0 radical (unpaired) electrons. The maximum Gasteiger partial charge on any atom is 0.188 e. The van der Waals surface area contributed by atoms with E-state index in [0.29, 0.717) is 0 Å². The number of nitrogens with zero attached hydrogens (tertiary/aromatic N) is 3. The Morgan fingerprint density at radius 3 is 1.74 bits per heavy atom. The number of aromatic nitrogens is 3. The molecule has 0 atom stereocenters. The fourth-order valence-electron chi connectivity index (χ4n) is 1.94. The lowest BCUT2D eigenvalue weighted by Gasteiger charge is -2.05. The summed E-state index contributed by atoms with van der Waals surface area (Å²) in [6, 6.07) is 9.51. The molecule has 0 aliphatic rings. The lowest BCUT2D eigenvalue weighted by molar-refractivity contribution is -0.604. The van der Waals surface area contributed by atoms with Crippen LogP contribution in [-0.2, 0) is 0 Å². The maximum absolute atomic E-state index is 11.7. The second-order valence-electron chi connectivity index (χ2n) is 4.16. The highest BCUT2D eigenvalue weighted by Crippen LogP contribution is 2.23. The van der Waals surface area contributed by atoms with Crippen molar-refractivity contribution in [2.24, 2.45) is 0 Å². The summed E-state index contributed by atoms with van der Waals surface area (Å²) in [5.74, 6) is 0. The summed E-state index contributed by atoms with van der Waals surface area (Å²) >= 11 is 0. The summed E-state index contributed by atoms with van der Waals surface area (Å²) in [4.78, 5) is 8.14. The van der Waals surface area contributed by atoms with Gasteiger partial charge < -0.3 is 5.21 Å². The van der Waals surface area contributed by atoms with Crippen LogP contribution in [0, 0.1) is 5.21 Å². The van der Waals surface area contributed by atoms with E-state index in [1.54, 1.807) is 24.8 Å². The van der Waals surface area contributed by atoms with Crippen LogP contribution in [0.3, 0.4) is 0 Å². The van der Waals surface area contributed by atoms with E-state index >= 15 is 0 Å². The first-order chi connectivity index (χ1) is 9.33. The molecule has 0 aliphatic heterocycles. The van der Waals surface area contributed by atoms with Gasteiger partial charge in [-0.05, 0) is 18.2 Å². The van der Waals surface area contributed by atoms with Crippen molar-refractivity contribution < 1.29 is 4.73 Å². The molecule has 0 saturated carbocycles. The Balaban J connectivity index is 2.12. The van der Waals surface area contributed by atoms with Crippen LogP contribution in [0.1, 0.15) is 0 Å². The highest BCUT2D eigenvalue weighted by molar-refractivity contribution is 5.69. The van der Waals surface area contributed by atoms with Crippen molar-refractivity contribution in [3.8, 4) is 22.3 Å². The topological polar surface area (TPSA) is 52.7 Å². The van der Waals surface area contributed by atoms with E-state index in [0.717, 1.165) is 27.0 Å². The van der Waals surface area contributed by atoms with Crippen molar-refractivity contribution in [1.82, 2.24) is 9.97 Å². The van der Waals surface area contributed by atoms with Gasteiger partial charge in [0.05, 0.1) is 0 Å². The summed E-state index contributed by atoms with van der Waals surface area (Å²) in [5.41, 5.74) is 3.50. The molecule has 3 rings (SSSR count). The molecule has 0 fully saturated rings. The highest BCUT2D eigenvalue weighted by atomic mass is 16.5. The van der Waals surface area contributed by atoms with Gasteiger partial charge in [0.1, 0.15) is 0 Å². The molecule has 3 heterocycles. The highest BCUT2D eigenvalue weighted by Gasteiger charge is 2.07. The second-order valence-corrected chi connectivity index (χ2v) is 4.16. The first kappa shape index (κ1) is 11.3. The minimum atomic E-state index is 0.810. The SMILES string of the molecule is [O-][n+]1cc(-c2cccnc2)cc(-c2cccnc2)c1. The molecular weight excluding hydrogens is 238 g/mol. The van der Waals surface area contributed by atoms with Crippen LogP contribution in [0.5, 0.6) is 0 Å². The Morgan fingerprint density at radius 1 is 0.789 bits per heavy atom. The molecule has 3 aromatic rings. The van der Waals surface area contributed by atoms with Gasteiger partial charge >= 0.3 is 0 Å². The lowest BCUT2D eigenvalue weighted by Crippen LogP contribution is -2.25. The average molecular weight is 249 g/mol. The molecule has 0 spiro atoms. The van der Waals surface area contributed by atoms with Gasteiger partial charge in [0, 0.05) is 47.0 Å². The van der Waals surface area contributed by atoms with Crippen molar-refractivity contribution in [2.75, 3.05) is 0 Å². The number of hydrogen-bond donors (Lipinski definition) is 0. The maximum atomic E-state index is 11.7. The third kappa shape index (κ3) is 2.42. The molecule has 0 aliphatic carbocycles. The van der Waals surface area contributed by atoms with Crippen molar-refractivity contribution in [3.05, 3.63) is 72.7 Å². The third-order valence-electron chi connectivity index (χ3n) is 2.83. The van der Waals surface area contributed by atoms with E-state index in [2.05, 4.69) is 9.97 Å². The van der Waals surface area contributed by atoms with Crippen LogP contribution in [0.15, 0.2) is 67.5 Å². The van der Waals surface area contributed by atoms with Crippen molar-refractivity contribution in [3.63, 3.8) is 0 Å². The van der Waals surface area contributed by atoms with Gasteiger partial charge in [-0.25, -0.2) is 0 Å². The Hall–Kier alpha value is -2.75. The molecule has 4 heteroatoms. The zero-order chi connectivity index (χ0) is 13.1. The molecule has 4 nitrogen and oxygen atoms in total. The zero-order valence-corrected chi connectivity index (χ0v) is 10.1. The third-order valence-corrected chi connectivity index (χ3v) is 2.83. The standard InChI is InChI=1S/C15H11N3O/c19-18-10-14(12-3-1-5-16-8-12)7-15(11-18)13-4-2-6-17-9-13/h1-11H. The van der Waals surface area contributed by atoms with Crippen molar-refractivity contribution in [1.29, 1.82) is 0 Å². The van der Waals surface area contributed by atoms with Gasteiger partial charge in [-0.2, -0.15) is 4.73 Å². The smallest absolute Gasteiger partial charge is 0.188 e. The van der Waals surface area contributed by atoms with E-state index in [1.807, 2.05) is 30.3 Å². The van der Waals surface area contributed by atoms with Crippen LogP contribution < -0.4 is 4.73 Å². The summed E-state index contributed by atoms with van der Waals surface area (Å²) in [5, 5.41) is 11.7. The van der Waals surface area contributed by atoms with Crippen molar-refractivity contribution in [2.45, 2.75) is 0 Å². The molecule has 92 valence electrons. The van der Waals surface area contributed by atoms with Crippen molar-refractivity contribution >= 4 is 0 Å². The van der Waals surface area contributed by atoms with Crippen LogP contribution in [0.4, 0.5) is 0 Å². The van der Waals surface area contributed by atoms with Crippen LogP contribution in [0.2, 0.25) is 0 Å². The van der Waals surface area contributed by atoms with Gasteiger partial charge in [0.15, 0.2) is 12.4 Å². The predicted molar refractivity (Wildman–Crippen MR) is 71.9 cm³/mol. The zero-order valence-electron chi connectivity index (χ0n) is 10.1. The lowest BCUT2D eigenvalue weighted by atomic mass is 10.0. The first-order valence-electron chi connectivity index (χ1n) is 5.87. The number of hydrogen-bond acceptors (Lipinski definition) is 3. The molecule has 0 amide bonds. The molecular formula is C15H11N3O. The van der Waals surface area contributed by atoms with E-state index in [1.165, 1.54) is 12.4 Å². The van der Waals surface area contributed by atoms with Crippen LogP contribution in [0.25, 0.3) is 22.3 Å². The molecule has 0 aromatic carbocycles. The average Bonchev–Trinajstić information content (AvgIpc) is 2.48. The molecule has 3 aromatic heterocycles. The second kappa shape index (κ2) is 4.86. The molecule has 0 N–H and O–H groups in total. The quantitative estimate of drug-likeness (QED) is 0.517. The fraction of sp³-hybridized carbons (Fsp3) is 0. The molecule has 19 heavy (non-hydrogen) atoms. The summed E-state index contributed by atoms with van der Waals surface area (Å²) in [6.45, 7) is 0. The van der Waals surface area contributed by atoms with Gasteiger partial charge in [-0.1, -0.05) is 12.1 Å². The largest absolute Gasteiger partial charge is 0.619 e. The molecule has 0 bridgehead atoms. The minimum absolute atomic E-state index is 0.810. The monoisotopic (exact) mass is 249 g/mol. The van der Waals surface area contributed by atoms with Gasteiger partial charge in [-0.3, -0.25) is 9.97 Å². The normalized spacial score (nSPS) is 10.3. The van der Waals surface area contributed by atoms with Crippen LogP contribution in [-0.4, -0.2) is 9.97 Å². The van der Waals surface area contributed by atoms with E-state index < -0.39 is 0 Å². The predicted octanol–water partition coefficient (Wildman–Crippen LogP) is 2.44. The Morgan fingerprint density at radius 2 is 1.32 bits per heavy atom. The minimum Gasteiger partial charge on any atom is -0.619 e. The summed E-state index contributed by atoms with van der Waals surface area (Å²) < 4.78 is 0.810. The summed E-state index contributed by atoms with van der Waals surface area (Å²) in [7, 11) is 0. The van der Waals surface area contributed by atoms with Gasteiger partial charge in [-0.15, -0.1) is 0 Å². The Kier molecular flexibility index (Phi) is 2.90. The molecule has 0 saturated heterocycles. The van der Waals surface area contributed by atoms with E-state index in [9.17, 15) is 5.21 Å². The van der Waals surface area contributed by atoms with Gasteiger partial charge in [0.2, 0.25) is 0 Å². The summed E-state index contributed by atoms with van der Waals surface area (Å²) in [6.07, 6.45) is 9.97.